The smallest absolute Gasteiger partial charge is 0.277 e. The Morgan fingerprint density at radius 2 is 1.56 bits per heavy atom. The number of aromatic nitrogens is 4. The van der Waals surface area contributed by atoms with Gasteiger partial charge in [-0.25, -0.2) is 4.68 Å². The molecule has 0 aliphatic rings. The lowest BCUT2D eigenvalue weighted by Gasteiger charge is -2.23. The third kappa shape index (κ3) is 4.11. The minimum Gasteiger partial charge on any atom is -0.305 e. The normalized spacial score (nSPS) is 12.7. The summed E-state index contributed by atoms with van der Waals surface area (Å²) in [4.78, 5) is 12.8. The van der Waals surface area contributed by atoms with Crippen molar-refractivity contribution >= 4 is 11.7 Å². The van der Waals surface area contributed by atoms with Gasteiger partial charge >= 0.3 is 0 Å². The lowest BCUT2D eigenvalue weighted by atomic mass is 10.1. The Labute approximate surface area is 150 Å². The predicted octanol–water partition coefficient (Wildman–Crippen LogP) is 4.27. The molecular weight excluding hydrogens is 314 g/mol. The van der Waals surface area contributed by atoms with E-state index in [1.165, 1.54) is 0 Å². The Morgan fingerprint density at radius 1 is 1.00 bits per heavy atom. The fraction of sp³-hybridized carbons (Fsp3) is 0.632. The molecule has 25 heavy (non-hydrogen) atoms. The first kappa shape index (κ1) is 19.2. The van der Waals surface area contributed by atoms with Crippen LogP contribution in [0.4, 0.5) is 5.82 Å². The molecule has 138 valence electrons. The van der Waals surface area contributed by atoms with E-state index in [0.717, 1.165) is 11.4 Å². The summed E-state index contributed by atoms with van der Waals surface area (Å²) in [7, 11) is 0. The zero-order valence-corrected chi connectivity index (χ0v) is 16.9. The molecule has 0 aliphatic carbocycles. The second-order valence-corrected chi connectivity index (χ2v) is 8.90. The van der Waals surface area contributed by atoms with Crippen molar-refractivity contribution in [2.75, 3.05) is 5.32 Å². The maximum atomic E-state index is 12.8. The summed E-state index contributed by atoms with van der Waals surface area (Å²) in [5, 5.41) is 12.0. The lowest BCUT2D eigenvalue weighted by molar-refractivity contribution is 0.101. The van der Waals surface area contributed by atoms with Crippen molar-refractivity contribution in [1.29, 1.82) is 0 Å². The van der Waals surface area contributed by atoms with E-state index in [-0.39, 0.29) is 22.9 Å². The van der Waals surface area contributed by atoms with E-state index < -0.39 is 0 Å². The van der Waals surface area contributed by atoms with Crippen LogP contribution in [0.15, 0.2) is 12.1 Å². The molecule has 2 heterocycles. The van der Waals surface area contributed by atoms with Crippen molar-refractivity contribution in [2.45, 2.75) is 79.3 Å². The molecule has 6 heteroatoms. The van der Waals surface area contributed by atoms with Gasteiger partial charge in [-0.15, -0.1) is 0 Å². The van der Waals surface area contributed by atoms with Crippen molar-refractivity contribution in [2.24, 2.45) is 0 Å². The van der Waals surface area contributed by atoms with Crippen LogP contribution in [0.25, 0.3) is 0 Å². The maximum absolute atomic E-state index is 12.8. The van der Waals surface area contributed by atoms with Crippen molar-refractivity contribution in [3.63, 3.8) is 0 Å². The highest BCUT2D eigenvalue weighted by molar-refractivity contribution is 6.02. The van der Waals surface area contributed by atoms with E-state index in [4.69, 9.17) is 0 Å². The molecule has 0 aliphatic heterocycles. The van der Waals surface area contributed by atoms with E-state index in [2.05, 4.69) is 70.9 Å². The first-order chi connectivity index (χ1) is 11.3. The molecule has 0 bridgehead atoms. The molecule has 0 atom stereocenters. The Bertz CT molecular complexity index is 769. The average molecular weight is 345 g/mol. The second-order valence-electron chi connectivity index (χ2n) is 8.90. The third-order valence-electron chi connectivity index (χ3n) is 3.91. The van der Waals surface area contributed by atoms with E-state index in [1.54, 1.807) is 0 Å². The van der Waals surface area contributed by atoms with Crippen molar-refractivity contribution in [1.82, 2.24) is 19.6 Å². The minimum absolute atomic E-state index is 0.179. The maximum Gasteiger partial charge on any atom is 0.277 e. The summed E-state index contributed by atoms with van der Waals surface area (Å²) in [6, 6.07) is 3.77. The molecule has 0 aromatic carbocycles. The summed E-state index contributed by atoms with van der Waals surface area (Å²) in [5.74, 6) is 0.761. The average Bonchev–Trinajstić information content (AvgIpc) is 3.01. The zero-order valence-electron chi connectivity index (χ0n) is 16.9. The molecule has 0 radical (unpaired) electrons. The third-order valence-corrected chi connectivity index (χ3v) is 3.91. The van der Waals surface area contributed by atoms with E-state index in [0.29, 0.717) is 11.5 Å². The molecule has 2 aromatic heterocycles. The fourth-order valence-corrected chi connectivity index (χ4v) is 2.74. The van der Waals surface area contributed by atoms with Gasteiger partial charge in [0.05, 0.1) is 16.8 Å². The molecule has 0 saturated carbocycles. The SMILES string of the molecule is Cc1cc(NC(=O)c2cc(C(C)C)n(C(C)(C)C)n2)n(C(C)(C)C)n1. The molecule has 0 spiro atoms. The highest BCUT2D eigenvalue weighted by atomic mass is 16.2. The zero-order chi connectivity index (χ0) is 19.2. The van der Waals surface area contributed by atoms with Gasteiger partial charge < -0.3 is 5.32 Å². The number of carbonyl (C=O) groups excluding carboxylic acids is 1. The second kappa shape index (κ2) is 6.32. The van der Waals surface area contributed by atoms with Gasteiger partial charge in [0.1, 0.15) is 5.82 Å². The molecule has 0 unspecified atom stereocenters. The first-order valence-corrected chi connectivity index (χ1v) is 8.79. The number of aryl methyl sites for hydroxylation is 1. The fourth-order valence-electron chi connectivity index (χ4n) is 2.74. The molecule has 2 aromatic rings. The van der Waals surface area contributed by atoms with Gasteiger partial charge in [-0.1, -0.05) is 13.8 Å². The van der Waals surface area contributed by atoms with Gasteiger partial charge in [0.25, 0.3) is 5.91 Å². The number of anilines is 1. The summed E-state index contributed by atoms with van der Waals surface area (Å²) >= 11 is 0. The summed E-state index contributed by atoms with van der Waals surface area (Å²) in [5.41, 5.74) is 1.96. The van der Waals surface area contributed by atoms with E-state index in [9.17, 15) is 4.79 Å². The van der Waals surface area contributed by atoms with Crippen molar-refractivity contribution in [3.05, 3.63) is 29.2 Å². The van der Waals surface area contributed by atoms with Gasteiger partial charge in [-0.3, -0.25) is 9.48 Å². The van der Waals surface area contributed by atoms with E-state index in [1.807, 2.05) is 28.4 Å². The van der Waals surface area contributed by atoms with Gasteiger partial charge in [0.2, 0.25) is 0 Å². The topological polar surface area (TPSA) is 64.7 Å². The van der Waals surface area contributed by atoms with Crippen LogP contribution in [0.2, 0.25) is 0 Å². The molecule has 1 amide bonds. The summed E-state index contributed by atoms with van der Waals surface area (Å²) < 4.78 is 3.78. The van der Waals surface area contributed by atoms with Crippen LogP contribution in [0.5, 0.6) is 0 Å². The van der Waals surface area contributed by atoms with Crippen LogP contribution in [0.1, 0.15) is 83.2 Å². The molecule has 0 fully saturated rings. The Kier molecular flexibility index (Phi) is 4.86. The van der Waals surface area contributed by atoms with Crippen LogP contribution in [-0.2, 0) is 11.1 Å². The number of hydrogen-bond acceptors (Lipinski definition) is 3. The van der Waals surface area contributed by atoms with Crippen molar-refractivity contribution in [3.8, 4) is 0 Å². The standard InChI is InChI=1S/C19H31N5O/c1-12(2)15-11-14(22-23(15)18(4,5)6)17(25)20-16-10-13(3)21-24(16)19(7,8)9/h10-12H,1-9H3,(H,20,25). The summed E-state index contributed by atoms with van der Waals surface area (Å²) in [6.45, 7) is 18.6. The lowest BCUT2D eigenvalue weighted by Crippen LogP contribution is -2.28. The van der Waals surface area contributed by atoms with Crippen molar-refractivity contribution < 1.29 is 4.79 Å². The number of hydrogen-bond donors (Lipinski definition) is 1. The largest absolute Gasteiger partial charge is 0.305 e. The number of nitrogens with zero attached hydrogens (tertiary/aromatic N) is 4. The predicted molar refractivity (Wildman–Crippen MR) is 101 cm³/mol. The molecular formula is C19H31N5O. The number of carbonyl (C=O) groups is 1. The molecule has 6 nitrogen and oxygen atoms in total. The van der Waals surface area contributed by atoms with Crippen LogP contribution in [0.3, 0.4) is 0 Å². The van der Waals surface area contributed by atoms with Gasteiger partial charge in [-0.05, 0) is 60.5 Å². The summed E-state index contributed by atoms with van der Waals surface area (Å²) in [6.07, 6.45) is 0. The number of rotatable bonds is 3. The van der Waals surface area contributed by atoms with E-state index >= 15 is 0 Å². The Hall–Kier alpha value is -2.11. The molecule has 1 N–H and O–H groups in total. The minimum atomic E-state index is -0.218. The highest BCUT2D eigenvalue weighted by Gasteiger charge is 2.25. The molecule has 2 rings (SSSR count). The first-order valence-electron chi connectivity index (χ1n) is 8.79. The monoisotopic (exact) mass is 345 g/mol. The van der Waals surface area contributed by atoms with Crippen LogP contribution >= 0.6 is 0 Å². The Balaban J connectivity index is 2.37. The van der Waals surface area contributed by atoms with Crippen LogP contribution in [0, 0.1) is 6.92 Å². The van der Waals surface area contributed by atoms with Gasteiger partial charge in [-0.2, -0.15) is 10.2 Å². The van der Waals surface area contributed by atoms with Gasteiger partial charge in [0.15, 0.2) is 5.69 Å². The Morgan fingerprint density at radius 3 is 2.00 bits per heavy atom. The molecule has 0 saturated heterocycles. The number of nitrogens with one attached hydrogen (secondary N) is 1. The van der Waals surface area contributed by atoms with Crippen LogP contribution < -0.4 is 5.32 Å². The van der Waals surface area contributed by atoms with Gasteiger partial charge in [0, 0.05) is 11.8 Å². The highest BCUT2D eigenvalue weighted by Crippen LogP contribution is 2.25. The quantitative estimate of drug-likeness (QED) is 0.903. The number of amides is 1. The van der Waals surface area contributed by atoms with Crippen LogP contribution in [-0.4, -0.2) is 25.5 Å².